The highest BCUT2D eigenvalue weighted by atomic mass is 79.9. The van der Waals surface area contributed by atoms with Gasteiger partial charge in [0.1, 0.15) is 0 Å². The Labute approximate surface area is 71.3 Å². The predicted octanol–water partition coefficient (Wildman–Crippen LogP) is 2.71. The summed E-state index contributed by atoms with van der Waals surface area (Å²) in [6, 6.07) is 1.93. The fourth-order valence-electron chi connectivity index (χ4n) is 0.597. The van der Waals surface area contributed by atoms with E-state index in [2.05, 4.69) is 21.1 Å². The van der Waals surface area contributed by atoms with Crippen LogP contribution in [-0.4, -0.2) is 10.9 Å². The van der Waals surface area contributed by atoms with E-state index in [1.54, 1.807) is 18.3 Å². The third-order valence-corrected chi connectivity index (χ3v) is 3.04. The zero-order valence-corrected chi connectivity index (χ0v) is 7.74. The van der Waals surface area contributed by atoms with Gasteiger partial charge in [0.15, 0.2) is 0 Å². The van der Waals surface area contributed by atoms with Gasteiger partial charge < -0.3 is 5.21 Å². The van der Waals surface area contributed by atoms with Crippen molar-refractivity contribution in [1.29, 1.82) is 0 Å². The lowest BCUT2D eigenvalue weighted by Gasteiger charge is -1.91. The molecule has 1 N–H and O–H groups in total. The van der Waals surface area contributed by atoms with Crippen LogP contribution in [0.5, 0.6) is 0 Å². The minimum Gasteiger partial charge on any atom is -0.411 e. The predicted molar refractivity (Wildman–Crippen MR) is 46.0 cm³/mol. The Balaban J connectivity index is 3.05. The van der Waals surface area contributed by atoms with Crippen LogP contribution in [0.1, 0.15) is 11.8 Å². The maximum absolute atomic E-state index is 8.40. The third kappa shape index (κ3) is 1.38. The largest absolute Gasteiger partial charge is 0.411 e. The number of hydrogen-bond acceptors (Lipinski definition) is 3. The maximum atomic E-state index is 8.40. The van der Waals surface area contributed by atoms with Gasteiger partial charge in [0, 0.05) is 4.47 Å². The van der Waals surface area contributed by atoms with Crippen molar-refractivity contribution in [2.24, 2.45) is 5.16 Å². The number of rotatable bonds is 1. The summed E-state index contributed by atoms with van der Waals surface area (Å²) >= 11 is 4.87. The number of oxime groups is 1. The van der Waals surface area contributed by atoms with E-state index in [1.165, 1.54) is 0 Å². The first-order valence-electron chi connectivity index (χ1n) is 2.67. The molecule has 0 spiro atoms. The van der Waals surface area contributed by atoms with Gasteiger partial charge in [0.25, 0.3) is 0 Å². The number of hydrogen-bond donors (Lipinski definition) is 1. The summed E-state index contributed by atoms with van der Waals surface area (Å²) in [4.78, 5) is 0.975. The highest BCUT2D eigenvalue weighted by Crippen LogP contribution is 2.22. The average Bonchev–Trinajstić information content (AvgIpc) is 2.34. The van der Waals surface area contributed by atoms with Crippen molar-refractivity contribution in [1.82, 2.24) is 0 Å². The number of nitrogens with zero attached hydrogens (tertiary/aromatic N) is 1. The van der Waals surface area contributed by atoms with Gasteiger partial charge in [-0.05, 0) is 34.3 Å². The fraction of sp³-hybridized carbons (Fsp3) is 0.167. The molecular weight excluding hydrogens is 214 g/mol. The van der Waals surface area contributed by atoms with E-state index in [0.717, 1.165) is 9.35 Å². The SMILES string of the molecule is C/C(=N\O)c1sccc1Br. The van der Waals surface area contributed by atoms with E-state index < -0.39 is 0 Å². The molecule has 0 aromatic carbocycles. The van der Waals surface area contributed by atoms with Crippen molar-refractivity contribution in [2.75, 3.05) is 0 Å². The van der Waals surface area contributed by atoms with Crippen molar-refractivity contribution >= 4 is 33.0 Å². The maximum Gasteiger partial charge on any atom is 0.0947 e. The summed E-state index contributed by atoms with van der Waals surface area (Å²) < 4.78 is 0.979. The minimum absolute atomic E-state index is 0.641. The van der Waals surface area contributed by atoms with Crippen LogP contribution >= 0.6 is 27.3 Å². The van der Waals surface area contributed by atoms with Crippen molar-refractivity contribution in [3.63, 3.8) is 0 Å². The highest BCUT2D eigenvalue weighted by molar-refractivity contribution is 9.10. The summed E-state index contributed by atoms with van der Waals surface area (Å²) in [6.45, 7) is 1.76. The standard InChI is InChI=1S/C6H6BrNOS/c1-4(8-9)6-5(7)2-3-10-6/h2-3,9H,1H3/b8-4+. The molecule has 1 rings (SSSR count). The van der Waals surface area contributed by atoms with E-state index in [9.17, 15) is 0 Å². The van der Waals surface area contributed by atoms with E-state index in [1.807, 2.05) is 11.4 Å². The second-order valence-electron chi connectivity index (χ2n) is 1.78. The molecule has 1 heterocycles. The molecule has 0 atom stereocenters. The lowest BCUT2D eigenvalue weighted by Crippen LogP contribution is -1.89. The Bertz CT molecular complexity index is 256. The summed E-state index contributed by atoms with van der Waals surface area (Å²) in [5, 5.41) is 13.4. The second-order valence-corrected chi connectivity index (χ2v) is 3.55. The third-order valence-electron chi connectivity index (χ3n) is 1.10. The van der Waals surface area contributed by atoms with E-state index >= 15 is 0 Å². The quantitative estimate of drug-likeness (QED) is 0.440. The topological polar surface area (TPSA) is 32.6 Å². The zero-order chi connectivity index (χ0) is 7.56. The molecule has 0 saturated carbocycles. The first-order valence-corrected chi connectivity index (χ1v) is 4.35. The van der Waals surface area contributed by atoms with Crippen LogP contribution in [0.4, 0.5) is 0 Å². The van der Waals surface area contributed by atoms with Crippen molar-refractivity contribution in [3.8, 4) is 0 Å². The Kier molecular flexibility index (Phi) is 2.45. The molecule has 0 aliphatic rings. The van der Waals surface area contributed by atoms with Crippen LogP contribution in [-0.2, 0) is 0 Å². The normalized spacial score (nSPS) is 12.0. The monoisotopic (exact) mass is 219 g/mol. The molecule has 0 amide bonds. The molecule has 0 bridgehead atoms. The van der Waals surface area contributed by atoms with Crippen LogP contribution in [0.3, 0.4) is 0 Å². The van der Waals surface area contributed by atoms with E-state index in [-0.39, 0.29) is 0 Å². The first kappa shape index (κ1) is 7.75. The molecule has 0 unspecified atom stereocenters. The number of halogens is 1. The molecular formula is C6H6BrNOS. The Morgan fingerprint density at radius 1 is 1.80 bits per heavy atom. The molecule has 0 aliphatic heterocycles. The van der Waals surface area contributed by atoms with Gasteiger partial charge in [0.05, 0.1) is 10.6 Å². The summed E-state index contributed by atoms with van der Waals surface area (Å²) in [5.41, 5.74) is 0.641. The van der Waals surface area contributed by atoms with Crippen LogP contribution in [0, 0.1) is 0 Å². The Hall–Kier alpha value is -0.350. The molecule has 10 heavy (non-hydrogen) atoms. The molecule has 0 radical (unpaired) electrons. The van der Waals surface area contributed by atoms with Crippen LogP contribution in [0.25, 0.3) is 0 Å². The first-order chi connectivity index (χ1) is 4.75. The molecule has 2 nitrogen and oxygen atoms in total. The second kappa shape index (κ2) is 3.16. The summed E-state index contributed by atoms with van der Waals surface area (Å²) in [5.74, 6) is 0. The summed E-state index contributed by atoms with van der Waals surface area (Å²) in [6.07, 6.45) is 0. The molecule has 0 saturated heterocycles. The van der Waals surface area contributed by atoms with E-state index in [4.69, 9.17) is 5.21 Å². The van der Waals surface area contributed by atoms with Gasteiger partial charge in [0.2, 0.25) is 0 Å². The molecule has 0 aliphatic carbocycles. The van der Waals surface area contributed by atoms with Gasteiger partial charge in [-0.25, -0.2) is 0 Å². The van der Waals surface area contributed by atoms with Crippen molar-refractivity contribution in [2.45, 2.75) is 6.92 Å². The van der Waals surface area contributed by atoms with E-state index in [0.29, 0.717) is 5.71 Å². The molecule has 0 fully saturated rings. The van der Waals surface area contributed by atoms with Crippen LogP contribution in [0.15, 0.2) is 21.1 Å². The van der Waals surface area contributed by atoms with Gasteiger partial charge in [-0.1, -0.05) is 5.16 Å². The molecule has 1 aromatic heterocycles. The van der Waals surface area contributed by atoms with Gasteiger partial charge >= 0.3 is 0 Å². The number of thiophene rings is 1. The zero-order valence-electron chi connectivity index (χ0n) is 5.34. The van der Waals surface area contributed by atoms with Crippen molar-refractivity contribution in [3.05, 3.63) is 20.8 Å². The molecule has 4 heteroatoms. The fourth-order valence-corrected chi connectivity index (χ4v) is 2.20. The Morgan fingerprint density at radius 3 is 2.90 bits per heavy atom. The summed E-state index contributed by atoms with van der Waals surface area (Å²) in [7, 11) is 0. The van der Waals surface area contributed by atoms with Crippen molar-refractivity contribution < 1.29 is 5.21 Å². The highest BCUT2D eigenvalue weighted by Gasteiger charge is 2.03. The van der Waals surface area contributed by atoms with Crippen LogP contribution in [0.2, 0.25) is 0 Å². The average molecular weight is 220 g/mol. The lowest BCUT2D eigenvalue weighted by molar-refractivity contribution is 0.319. The molecule has 1 aromatic rings. The lowest BCUT2D eigenvalue weighted by atomic mass is 10.3. The minimum atomic E-state index is 0.641. The van der Waals surface area contributed by atoms with Crippen LogP contribution < -0.4 is 0 Å². The van der Waals surface area contributed by atoms with Gasteiger partial charge in [-0.3, -0.25) is 0 Å². The Morgan fingerprint density at radius 2 is 2.50 bits per heavy atom. The van der Waals surface area contributed by atoms with Gasteiger partial charge in [-0.2, -0.15) is 0 Å². The smallest absolute Gasteiger partial charge is 0.0947 e. The van der Waals surface area contributed by atoms with Gasteiger partial charge in [-0.15, -0.1) is 11.3 Å². The molecule has 54 valence electrons.